The molecule has 140 valence electrons. The number of carbonyl (C=O) groups is 1. The van der Waals surface area contributed by atoms with Gasteiger partial charge in [0, 0.05) is 30.6 Å². The summed E-state index contributed by atoms with van der Waals surface area (Å²) >= 11 is 1.58. The third-order valence-corrected chi connectivity index (χ3v) is 7.07. The summed E-state index contributed by atoms with van der Waals surface area (Å²) in [5.41, 5.74) is 2.79. The van der Waals surface area contributed by atoms with Gasteiger partial charge in [-0.3, -0.25) is 14.2 Å². The van der Waals surface area contributed by atoms with Crippen molar-refractivity contribution in [3.8, 4) is 0 Å². The lowest BCUT2D eigenvalue weighted by Crippen LogP contribution is -2.50. The molecule has 27 heavy (non-hydrogen) atoms. The largest absolute Gasteiger partial charge is 0.332 e. The van der Waals surface area contributed by atoms with Gasteiger partial charge in [0.15, 0.2) is 5.16 Å². The second-order valence-corrected chi connectivity index (χ2v) is 8.94. The summed E-state index contributed by atoms with van der Waals surface area (Å²) in [4.78, 5) is 32.4. The van der Waals surface area contributed by atoms with Crippen LogP contribution >= 0.6 is 11.8 Å². The number of aromatic nitrogens is 2. The molecule has 2 aromatic rings. The molecule has 0 radical (unpaired) electrons. The highest BCUT2D eigenvalue weighted by atomic mass is 32.2. The second-order valence-electron chi connectivity index (χ2n) is 7.88. The van der Waals surface area contributed by atoms with Gasteiger partial charge in [-0.2, -0.15) is 0 Å². The third-order valence-electron chi connectivity index (χ3n) is 6.10. The molecular weight excluding hydrogens is 358 g/mol. The van der Waals surface area contributed by atoms with Crippen molar-refractivity contribution < 1.29 is 4.79 Å². The van der Waals surface area contributed by atoms with Crippen LogP contribution in [-0.2, 0) is 6.54 Å². The molecule has 2 fully saturated rings. The van der Waals surface area contributed by atoms with Crippen LogP contribution in [0.25, 0.3) is 0 Å². The lowest BCUT2D eigenvalue weighted by atomic mass is 9.73. The molecule has 5 nitrogen and oxygen atoms in total. The monoisotopic (exact) mass is 381 g/mol. The molecule has 0 bridgehead atoms. The molecule has 0 spiro atoms. The van der Waals surface area contributed by atoms with E-state index >= 15 is 0 Å². The number of rotatable bonds is 4. The van der Waals surface area contributed by atoms with Gasteiger partial charge in [-0.05, 0) is 49.7 Å². The van der Waals surface area contributed by atoms with Gasteiger partial charge < -0.3 is 4.90 Å². The minimum Gasteiger partial charge on any atom is -0.332 e. The van der Waals surface area contributed by atoms with E-state index in [0.717, 1.165) is 36.6 Å². The highest BCUT2D eigenvalue weighted by Gasteiger charge is 2.44. The number of hydrogen-bond donors (Lipinski definition) is 0. The molecule has 2 heterocycles. The van der Waals surface area contributed by atoms with Gasteiger partial charge in [-0.15, -0.1) is 0 Å². The van der Waals surface area contributed by atoms with Crippen LogP contribution in [0.2, 0.25) is 0 Å². The van der Waals surface area contributed by atoms with Crippen molar-refractivity contribution >= 4 is 17.7 Å². The molecule has 1 aliphatic heterocycles. The molecule has 2 saturated carbocycles. The van der Waals surface area contributed by atoms with Crippen LogP contribution in [0.1, 0.15) is 53.1 Å². The Kier molecular flexibility index (Phi) is 4.11. The van der Waals surface area contributed by atoms with E-state index in [-0.39, 0.29) is 23.1 Å². The van der Waals surface area contributed by atoms with Crippen LogP contribution in [0.15, 0.2) is 40.4 Å². The first-order chi connectivity index (χ1) is 13.1. The molecule has 0 atom stereocenters. The number of carbonyl (C=O) groups excluding carboxylic acids is 1. The summed E-state index contributed by atoms with van der Waals surface area (Å²) in [6.45, 7) is 2.80. The summed E-state index contributed by atoms with van der Waals surface area (Å²) in [5, 5.41) is 0.734. The van der Waals surface area contributed by atoms with E-state index < -0.39 is 0 Å². The molecule has 2 aliphatic carbocycles. The van der Waals surface area contributed by atoms with E-state index in [1.165, 1.54) is 17.3 Å². The zero-order valence-corrected chi connectivity index (χ0v) is 16.2. The Morgan fingerprint density at radius 2 is 2.00 bits per heavy atom. The van der Waals surface area contributed by atoms with Gasteiger partial charge in [0.1, 0.15) is 5.56 Å². The van der Waals surface area contributed by atoms with Crippen molar-refractivity contribution in [1.82, 2.24) is 14.5 Å². The fraction of sp³-hybridized carbons (Fsp3) is 0.476. The number of fused-ring (bicyclic) bond motifs is 1. The second kappa shape index (κ2) is 6.51. The van der Waals surface area contributed by atoms with E-state index in [0.29, 0.717) is 18.5 Å². The summed E-state index contributed by atoms with van der Waals surface area (Å²) in [7, 11) is 0. The first-order valence-corrected chi connectivity index (χ1v) is 10.7. The molecule has 1 aromatic heterocycles. The maximum Gasteiger partial charge on any atom is 0.267 e. The minimum absolute atomic E-state index is 0.115. The number of nitrogens with zero attached hydrogens (tertiary/aromatic N) is 3. The van der Waals surface area contributed by atoms with Crippen LogP contribution in [0.4, 0.5) is 0 Å². The molecule has 0 saturated heterocycles. The van der Waals surface area contributed by atoms with Crippen LogP contribution in [0, 0.1) is 6.92 Å². The van der Waals surface area contributed by atoms with Gasteiger partial charge >= 0.3 is 0 Å². The Bertz CT molecular complexity index is 960. The average Bonchev–Trinajstić information content (AvgIpc) is 3.34. The highest BCUT2D eigenvalue weighted by Crippen LogP contribution is 2.44. The van der Waals surface area contributed by atoms with Crippen LogP contribution < -0.4 is 5.56 Å². The van der Waals surface area contributed by atoms with Crippen LogP contribution in [-0.4, -0.2) is 38.2 Å². The van der Waals surface area contributed by atoms with E-state index in [2.05, 4.69) is 36.2 Å². The average molecular weight is 382 g/mol. The Balaban J connectivity index is 1.38. The first kappa shape index (κ1) is 17.0. The fourth-order valence-electron chi connectivity index (χ4n) is 4.40. The van der Waals surface area contributed by atoms with Gasteiger partial charge in [-0.25, -0.2) is 4.98 Å². The smallest absolute Gasteiger partial charge is 0.267 e. The quantitative estimate of drug-likeness (QED) is 0.763. The molecule has 1 amide bonds. The molecule has 6 heteroatoms. The summed E-state index contributed by atoms with van der Waals surface area (Å²) < 4.78 is 1.65. The fourth-order valence-corrected chi connectivity index (χ4v) is 5.31. The van der Waals surface area contributed by atoms with E-state index in [9.17, 15) is 9.59 Å². The topological polar surface area (TPSA) is 55.2 Å². The molecule has 5 rings (SSSR count). The predicted molar refractivity (Wildman–Crippen MR) is 105 cm³/mol. The zero-order valence-electron chi connectivity index (χ0n) is 15.4. The summed E-state index contributed by atoms with van der Waals surface area (Å²) in [6, 6.07) is 9.06. The first-order valence-electron chi connectivity index (χ1n) is 9.74. The minimum atomic E-state index is -0.171. The van der Waals surface area contributed by atoms with Crippen LogP contribution in [0.5, 0.6) is 0 Å². The van der Waals surface area contributed by atoms with Gasteiger partial charge in [0.2, 0.25) is 0 Å². The number of hydrogen-bond acceptors (Lipinski definition) is 4. The highest BCUT2D eigenvalue weighted by molar-refractivity contribution is 7.99. The Morgan fingerprint density at radius 1 is 1.22 bits per heavy atom. The van der Waals surface area contributed by atoms with Crippen molar-refractivity contribution in [2.45, 2.75) is 62.3 Å². The van der Waals surface area contributed by atoms with E-state index in [4.69, 9.17) is 0 Å². The Labute approximate surface area is 162 Å². The van der Waals surface area contributed by atoms with E-state index in [1.54, 1.807) is 16.3 Å². The summed E-state index contributed by atoms with van der Waals surface area (Å²) in [6.07, 6.45) is 5.58. The SMILES string of the molecule is Cc1ccccc1C1CC(N(C(=O)c2cnc3n(c2=O)CCS3)C2CC2)C1. The van der Waals surface area contributed by atoms with Crippen molar-refractivity contribution in [2.75, 3.05) is 5.75 Å². The van der Waals surface area contributed by atoms with Gasteiger partial charge in [0.25, 0.3) is 11.5 Å². The van der Waals surface area contributed by atoms with Crippen molar-refractivity contribution in [3.63, 3.8) is 0 Å². The number of aryl methyl sites for hydroxylation is 1. The maximum absolute atomic E-state index is 13.3. The van der Waals surface area contributed by atoms with Crippen molar-refractivity contribution in [3.05, 3.63) is 57.5 Å². The van der Waals surface area contributed by atoms with Crippen molar-refractivity contribution in [1.29, 1.82) is 0 Å². The molecule has 0 N–H and O–H groups in total. The normalized spacial score (nSPS) is 23.6. The Hall–Kier alpha value is -2.08. The van der Waals surface area contributed by atoms with Gasteiger partial charge in [-0.1, -0.05) is 36.0 Å². The lowest BCUT2D eigenvalue weighted by Gasteiger charge is -2.44. The van der Waals surface area contributed by atoms with Gasteiger partial charge in [0.05, 0.1) is 0 Å². The zero-order chi connectivity index (χ0) is 18.5. The molecule has 1 aromatic carbocycles. The molecule has 3 aliphatic rings. The predicted octanol–water partition coefficient (Wildman–Crippen LogP) is 3.21. The third kappa shape index (κ3) is 2.90. The van der Waals surface area contributed by atoms with Crippen LogP contribution in [0.3, 0.4) is 0 Å². The van der Waals surface area contributed by atoms with Crippen molar-refractivity contribution in [2.24, 2.45) is 0 Å². The molecule has 0 unspecified atom stereocenters. The number of benzene rings is 1. The Morgan fingerprint density at radius 3 is 2.74 bits per heavy atom. The number of amides is 1. The molecular formula is C21H23N3O2S. The standard InChI is InChI=1S/C21H23N3O2S/c1-13-4-2-3-5-17(13)14-10-16(11-14)24(15-6-7-15)20(26)18-12-22-21-23(19(18)25)8-9-27-21/h2-5,12,14-16H,6-11H2,1H3. The lowest BCUT2D eigenvalue weighted by molar-refractivity contribution is 0.0513. The maximum atomic E-state index is 13.3. The summed E-state index contributed by atoms with van der Waals surface area (Å²) in [5.74, 6) is 1.25. The number of thioether (sulfide) groups is 1. The van der Waals surface area contributed by atoms with E-state index in [1.807, 2.05) is 4.90 Å².